The maximum Gasteiger partial charge on any atom is 0.209 e. The fourth-order valence-electron chi connectivity index (χ4n) is 1.20. The minimum Gasteiger partial charge on any atom is -0.759 e. The molecule has 0 bridgehead atoms. The van der Waals surface area contributed by atoms with Gasteiger partial charge in [-0.3, -0.25) is 18.0 Å². The largest absolute Gasteiger partial charge is 0.759 e. The first-order chi connectivity index (χ1) is 11.0. The molecule has 0 saturated heterocycles. The minimum atomic E-state index is -5.17. The van der Waals surface area contributed by atoms with E-state index in [9.17, 15) is 9.59 Å². The van der Waals surface area contributed by atoms with Crippen molar-refractivity contribution in [3.05, 3.63) is 25.3 Å². The lowest BCUT2D eigenvalue weighted by Crippen LogP contribution is -2.42. The van der Waals surface area contributed by atoms with Gasteiger partial charge in [-0.15, -0.1) is 0 Å². The molecule has 9 heteroatoms. The summed E-state index contributed by atoms with van der Waals surface area (Å²) in [6.07, 6.45) is 2.77. The number of likely N-dealkylation sites (N-methyl/N-ethyl adjacent to an activating group) is 2. The van der Waals surface area contributed by atoms with Crippen molar-refractivity contribution in [2.24, 2.45) is 0 Å². The molecule has 0 aliphatic heterocycles. The molecular formula is C16H32N2O6S. The van der Waals surface area contributed by atoms with Crippen LogP contribution >= 0.6 is 0 Å². The molecule has 0 spiro atoms. The predicted octanol–water partition coefficient (Wildman–Crippen LogP) is 0.338. The number of quaternary nitrogens is 2. The van der Waals surface area contributed by atoms with E-state index < -0.39 is 10.4 Å². The molecule has 0 aromatic heterocycles. The first-order valence-electron chi connectivity index (χ1n) is 7.64. The predicted molar refractivity (Wildman–Crippen MR) is 95.9 cm³/mol. The van der Waals surface area contributed by atoms with Crippen LogP contribution in [0.4, 0.5) is 0 Å². The zero-order valence-corrected chi connectivity index (χ0v) is 17.0. The van der Waals surface area contributed by atoms with E-state index in [1.165, 1.54) is 12.2 Å². The third kappa shape index (κ3) is 27.7. The molecule has 0 saturated carbocycles. The SMILES string of the molecule is C=CC(=O)C[N+](C)(C)CC.C=CC(=O)C[N+](C)(C)CC.O=S(=O)([O-])[O-]. The Morgan fingerprint density at radius 2 is 1.04 bits per heavy atom. The maximum atomic E-state index is 10.9. The van der Waals surface area contributed by atoms with E-state index in [-0.39, 0.29) is 11.6 Å². The summed E-state index contributed by atoms with van der Waals surface area (Å²) in [5, 5.41) is 0. The molecule has 0 heterocycles. The lowest BCUT2D eigenvalue weighted by atomic mass is 10.3. The molecule has 0 amide bonds. The van der Waals surface area contributed by atoms with Crippen LogP contribution in [0.15, 0.2) is 25.3 Å². The van der Waals surface area contributed by atoms with Crippen LogP contribution in [0.25, 0.3) is 0 Å². The lowest BCUT2D eigenvalue weighted by molar-refractivity contribution is -0.880. The Labute approximate surface area is 152 Å². The van der Waals surface area contributed by atoms with Crippen molar-refractivity contribution in [3.63, 3.8) is 0 Å². The molecule has 0 N–H and O–H groups in total. The van der Waals surface area contributed by atoms with Gasteiger partial charge in [0.1, 0.15) is 13.1 Å². The molecule has 0 aliphatic carbocycles. The standard InChI is InChI=1S/2C8H16NO.H2O4S/c2*1-5-8(10)7-9(3,4)6-2;1-5(2,3)4/h2*5H,1,6-7H2,2-4H3;(H2,1,2,3,4)/q2*+1;/p-2. The van der Waals surface area contributed by atoms with Crippen molar-refractivity contribution >= 4 is 22.0 Å². The Balaban J connectivity index is -0.000000308. The van der Waals surface area contributed by atoms with Crippen molar-refractivity contribution in [1.82, 2.24) is 0 Å². The Bertz CT molecular complexity index is 497. The topological polar surface area (TPSA) is 114 Å². The zero-order chi connectivity index (χ0) is 20.9. The highest BCUT2D eigenvalue weighted by molar-refractivity contribution is 7.79. The number of carbonyl (C=O) groups is 2. The number of ketones is 2. The molecule has 0 unspecified atom stereocenters. The highest BCUT2D eigenvalue weighted by atomic mass is 32.3. The van der Waals surface area contributed by atoms with Crippen LogP contribution in [0, 0.1) is 0 Å². The molecule has 0 rings (SSSR count). The molecule has 0 aromatic carbocycles. The molecule has 8 nitrogen and oxygen atoms in total. The average Bonchev–Trinajstić information content (AvgIpc) is 2.45. The van der Waals surface area contributed by atoms with E-state index in [1.54, 1.807) is 0 Å². The molecule has 25 heavy (non-hydrogen) atoms. The van der Waals surface area contributed by atoms with Crippen LogP contribution < -0.4 is 0 Å². The van der Waals surface area contributed by atoms with Crippen molar-refractivity contribution < 1.29 is 36.1 Å². The molecular weight excluding hydrogens is 348 g/mol. The summed E-state index contributed by atoms with van der Waals surface area (Å²) in [4.78, 5) is 21.7. The Morgan fingerprint density at radius 3 is 1.16 bits per heavy atom. The Kier molecular flexibility index (Phi) is 14.7. The monoisotopic (exact) mass is 380 g/mol. The molecule has 148 valence electrons. The van der Waals surface area contributed by atoms with Gasteiger partial charge in [0, 0.05) is 10.4 Å². The average molecular weight is 381 g/mol. The quantitative estimate of drug-likeness (QED) is 0.259. The van der Waals surface area contributed by atoms with Crippen LogP contribution in [-0.4, -0.2) is 92.4 Å². The molecule has 0 aromatic rings. The summed E-state index contributed by atoms with van der Waals surface area (Å²) < 4.78 is 35.6. The van der Waals surface area contributed by atoms with Crippen molar-refractivity contribution in [3.8, 4) is 0 Å². The van der Waals surface area contributed by atoms with Crippen molar-refractivity contribution in [2.75, 3.05) is 54.4 Å². The number of hydrogen-bond acceptors (Lipinski definition) is 6. The van der Waals surface area contributed by atoms with Crippen LogP contribution in [-0.2, 0) is 20.0 Å². The summed E-state index contributed by atoms with van der Waals surface area (Å²) in [5.74, 6) is 0.235. The fraction of sp³-hybridized carbons (Fsp3) is 0.625. The second-order valence-corrected chi connectivity index (χ2v) is 7.39. The number of rotatable bonds is 8. The second kappa shape index (κ2) is 12.9. The number of hydrogen-bond donors (Lipinski definition) is 0. The van der Waals surface area contributed by atoms with E-state index in [2.05, 4.69) is 27.0 Å². The van der Waals surface area contributed by atoms with Crippen LogP contribution in [0.5, 0.6) is 0 Å². The molecule has 0 radical (unpaired) electrons. The van der Waals surface area contributed by atoms with Gasteiger partial charge in [0.2, 0.25) is 11.6 Å². The van der Waals surface area contributed by atoms with Gasteiger partial charge >= 0.3 is 0 Å². The van der Waals surface area contributed by atoms with Gasteiger partial charge in [-0.2, -0.15) is 0 Å². The van der Waals surface area contributed by atoms with Gasteiger partial charge in [0.25, 0.3) is 0 Å². The van der Waals surface area contributed by atoms with E-state index in [0.29, 0.717) is 13.1 Å². The van der Waals surface area contributed by atoms with Crippen LogP contribution in [0.2, 0.25) is 0 Å². The normalized spacial score (nSPS) is 11.2. The van der Waals surface area contributed by atoms with Gasteiger partial charge in [-0.1, -0.05) is 13.2 Å². The molecule has 0 aliphatic rings. The zero-order valence-electron chi connectivity index (χ0n) is 16.1. The first-order valence-corrected chi connectivity index (χ1v) is 8.98. The summed E-state index contributed by atoms with van der Waals surface area (Å²) in [7, 11) is 2.95. The summed E-state index contributed by atoms with van der Waals surface area (Å²) in [6, 6.07) is 0. The number of nitrogens with zero attached hydrogens (tertiary/aromatic N) is 2. The van der Waals surface area contributed by atoms with E-state index in [0.717, 1.165) is 22.1 Å². The third-order valence-corrected chi connectivity index (χ3v) is 3.34. The van der Waals surface area contributed by atoms with Gasteiger partial charge in [-0.25, -0.2) is 0 Å². The van der Waals surface area contributed by atoms with Crippen LogP contribution in [0.3, 0.4) is 0 Å². The summed E-state index contributed by atoms with van der Waals surface area (Å²) >= 11 is 0. The highest BCUT2D eigenvalue weighted by Gasteiger charge is 2.15. The van der Waals surface area contributed by atoms with Gasteiger partial charge in [0.05, 0.1) is 41.3 Å². The van der Waals surface area contributed by atoms with E-state index in [1.807, 2.05) is 28.2 Å². The van der Waals surface area contributed by atoms with Gasteiger partial charge < -0.3 is 18.1 Å². The van der Waals surface area contributed by atoms with Gasteiger partial charge in [0.15, 0.2) is 0 Å². The first kappa shape index (κ1) is 28.4. The third-order valence-electron chi connectivity index (χ3n) is 3.34. The van der Waals surface area contributed by atoms with E-state index >= 15 is 0 Å². The summed E-state index contributed by atoms with van der Waals surface area (Å²) in [5.41, 5.74) is 0. The van der Waals surface area contributed by atoms with Gasteiger partial charge in [-0.05, 0) is 26.0 Å². The highest BCUT2D eigenvalue weighted by Crippen LogP contribution is 1.96. The summed E-state index contributed by atoms with van der Waals surface area (Å²) in [6.45, 7) is 14.0. The lowest BCUT2D eigenvalue weighted by Gasteiger charge is -2.26. The fourth-order valence-corrected chi connectivity index (χ4v) is 1.20. The maximum absolute atomic E-state index is 10.9. The Hall–Kier alpha value is -1.39. The smallest absolute Gasteiger partial charge is 0.209 e. The Morgan fingerprint density at radius 1 is 0.840 bits per heavy atom. The molecule has 0 atom stereocenters. The second-order valence-electron chi connectivity index (χ2n) is 6.57. The molecule has 0 fully saturated rings. The minimum absolute atomic E-state index is 0.117. The van der Waals surface area contributed by atoms with Crippen molar-refractivity contribution in [2.45, 2.75) is 13.8 Å². The van der Waals surface area contributed by atoms with Crippen molar-refractivity contribution in [1.29, 1.82) is 0 Å². The van der Waals surface area contributed by atoms with E-state index in [4.69, 9.17) is 17.5 Å². The van der Waals surface area contributed by atoms with Crippen LogP contribution in [0.1, 0.15) is 13.8 Å². The number of carbonyl (C=O) groups excluding carboxylic acids is 2.